The van der Waals surface area contributed by atoms with Crippen LogP contribution >= 0.6 is 15.9 Å². The van der Waals surface area contributed by atoms with Gasteiger partial charge in [0, 0.05) is 29.6 Å². The van der Waals surface area contributed by atoms with Crippen LogP contribution in [0.25, 0.3) is 0 Å². The predicted molar refractivity (Wildman–Crippen MR) is 74.5 cm³/mol. The van der Waals surface area contributed by atoms with Gasteiger partial charge in [-0.2, -0.15) is 0 Å². The summed E-state index contributed by atoms with van der Waals surface area (Å²) in [5.74, 6) is -0.133. The topological polar surface area (TPSA) is 32.3 Å². The number of halogens is 2. The van der Waals surface area contributed by atoms with Gasteiger partial charge in [0.2, 0.25) is 0 Å². The van der Waals surface area contributed by atoms with E-state index in [1.807, 2.05) is 11.8 Å². The van der Waals surface area contributed by atoms with Crippen molar-refractivity contribution in [3.05, 3.63) is 34.1 Å². The van der Waals surface area contributed by atoms with E-state index >= 15 is 0 Å². The summed E-state index contributed by atoms with van der Waals surface area (Å²) in [6, 6.07) is 4.91. The van der Waals surface area contributed by atoms with Crippen LogP contribution in [0.5, 0.6) is 0 Å². The van der Waals surface area contributed by atoms with Gasteiger partial charge in [-0.15, -0.1) is 0 Å². The molecule has 0 saturated carbocycles. The highest BCUT2D eigenvalue weighted by molar-refractivity contribution is 9.10. The molecule has 0 radical (unpaired) electrons. The SMILES string of the molecule is CC1CC2CNCC2N1C(=O)c1cc(Br)ccc1F. The summed E-state index contributed by atoms with van der Waals surface area (Å²) >= 11 is 3.29. The second-order valence-corrected chi connectivity index (χ2v) is 6.32. The van der Waals surface area contributed by atoms with Crippen LogP contribution in [-0.4, -0.2) is 36.0 Å². The van der Waals surface area contributed by atoms with Crippen molar-refractivity contribution < 1.29 is 9.18 Å². The molecule has 3 atom stereocenters. The maximum Gasteiger partial charge on any atom is 0.257 e. The average molecular weight is 327 g/mol. The van der Waals surface area contributed by atoms with Gasteiger partial charge in [-0.1, -0.05) is 15.9 Å². The molecular weight excluding hydrogens is 311 g/mol. The number of nitrogens with one attached hydrogen (secondary N) is 1. The second-order valence-electron chi connectivity index (χ2n) is 5.41. The number of nitrogens with zero attached hydrogens (tertiary/aromatic N) is 1. The minimum Gasteiger partial charge on any atom is -0.331 e. The Morgan fingerprint density at radius 3 is 3.05 bits per heavy atom. The van der Waals surface area contributed by atoms with Crippen LogP contribution in [0.2, 0.25) is 0 Å². The Labute approximate surface area is 120 Å². The summed E-state index contributed by atoms with van der Waals surface area (Å²) in [6.45, 7) is 3.82. The van der Waals surface area contributed by atoms with Gasteiger partial charge >= 0.3 is 0 Å². The molecule has 1 aromatic rings. The van der Waals surface area contributed by atoms with Crippen molar-refractivity contribution in [1.29, 1.82) is 0 Å². The molecular formula is C14H16BrFN2O. The van der Waals surface area contributed by atoms with Gasteiger partial charge in [-0.25, -0.2) is 4.39 Å². The molecule has 0 spiro atoms. The lowest BCUT2D eigenvalue weighted by Crippen LogP contribution is -2.43. The van der Waals surface area contributed by atoms with Gasteiger partial charge in [0.25, 0.3) is 5.91 Å². The van der Waals surface area contributed by atoms with Crippen molar-refractivity contribution in [2.24, 2.45) is 5.92 Å². The van der Waals surface area contributed by atoms with E-state index in [9.17, 15) is 9.18 Å². The molecule has 3 nitrogen and oxygen atoms in total. The van der Waals surface area contributed by atoms with E-state index < -0.39 is 5.82 Å². The van der Waals surface area contributed by atoms with E-state index in [0.29, 0.717) is 5.92 Å². The van der Waals surface area contributed by atoms with E-state index in [2.05, 4.69) is 21.2 Å². The van der Waals surface area contributed by atoms with Crippen molar-refractivity contribution in [2.75, 3.05) is 13.1 Å². The maximum atomic E-state index is 13.9. The number of rotatable bonds is 1. The predicted octanol–water partition coefficient (Wildman–Crippen LogP) is 2.41. The Morgan fingerprint density at radius 1 is 1.47 bits per heavy atom. The number of carbonyl (C=O) groups is 1. The Morgan fingerprint density at radius 2 is 2.26 bits per heavy atom. The van der Waals surface area contributed by atoms with E-state index in [1.165, 1.54) is 6.07 Å². The number of fused-ring (bicyclic) bond motifs is 1. The maximum absolute atomic E-state index is 13.9. The number of amides is 1. The van der Waals surface area contributed by atoms with Crippen LogP contribution in [0, 0.1) is 11.7 Å². The summed E-state index contributed by atoms with van der Waals surface area (Å²) < 4.78 is 14.6. The summed E-state index contributed by atoms with van der Waals surface area (Å²) in [4.78, 5) is 14.5. The molecule has 2 saturated heterocycles. The van der Waals surface area contributed by atoms with Gasteiger partial charge in [0.15, 0.2) is 0 Å². The van der Waals surface area contributed by atoms with Crippen LogP contribution in [0.15, 0.2) is 22.7 Å². The van der Waals surface area contributed by atoms with Crippen molar-refractivity contribution in [2.45, 2.75) is 25.4 Å². The van der Waals surface area contributed by atoms with Gasteiger partial charge < -0.3 is 10.2 Å². The van der Waals surface area contributed by atoms with E-state index in [4.69, 9.17) is 0 Å². The molecule has 0 bridgehead atoms. The van der Waals surface area contributed by atoms with Gasteiger partial charge in [0.05, 0.1) is 5.56 Å². The second kappa shape index (κ2) is 4.87. The third-order valence-electron chi connectivity index (χ3n) is 4.17. The lowest BCUT2D eigenvalue weighted by atomic mass is 10.0. The molecule has 2 fully saturated rings. The summed E-state index contributed by atoms with van der Waals surface area (Å²) in [5, 5.41) is 3.31. The smallest absolute Gasteiger partial charge is 0.257 e. The lowest BCUT2D eigenvalue weighted by molar-refractivity contribution is 0.0677. The van der Waals surface area contributed by atoms with Crippen LogP contribution < -0.4 is 5.32 Å². The number of benzene rings is 1. The number of likely N-dealkylation sites (tertiary alicyclic amines) is 1. The molecule has 2 aliphatic heterocycles. The molecule has 19 heavy (non-hydrogen) atoms. The highest BCUT2D eigenvalue weighted by Gasteiger charge is 2.44. The fourth-order valence-electron chi connectivity index (χ4n) is 3.32. The van der Waals surface area contributed by atoms with Crippen LogP contribution in [0.1, 0.15) is 23.7 Å². The molecule has 5 heteroatoms. The van der Waals surface area contributed by atoms with Crippen LogP contribution in [-0.2, 0) is 0 Å². The standard InChI is InChI=1S/C14H16BrFN2O/c1-8-4-9-6-17-7-13(9)18(8)14(19)11-5-10(15)2-3-12(11)16/h2-3,5,8-9,13,17H,4,6-7H2,1H3. The normalized spacial score (nSPS) is 29.6. The van der Waals surface area contributed by atoms with Gasteiger partial charge in [-0.3, -0.25) is 4.79 Å². The molecule has 2 heterocycles. The monoisotopic (exact) mass is 326 g/mol. The molecule has 0 aliphatic carbocycles. The number of carbonyl (C=O) groups excluding carboxylic acids is 1. The first-order valence-corrected chi connectivity index (χ1v) is 7.35. The third kappa shape index (κ3) is 2.19. The van der Waals surface area contributed by atoms with Crippen molar-refractivity contribution in [3.8, 4) is 0 Å². The summed E-state index contributed by atoms with van der Waals surface area (Å²) in [5.41, 5.74) is 0.161. The molecule has 1 amide bonds. The van der Waals surface area contributed by atoms with Crippen molar-refractivity contribution >= 4 is 21.8 Å². The van der Waals surface area contributed by atoms with E-state index in [-0.39, 0.29) is 23.6 Å². The quantitative estimate of drug-likeness (QED) is 0.859. The fourth-order valence-corrected chi connectivity index (χ4v) is 3.68. The van der Waals surface area contributed by atoms with Crippen LogP contribution in [0.4, 0.5) is 4.39 Å². The van der Waals surface area contributed by atoms with Crippen molar-refractivity contribution in [1.82, 2.24) is 10.2 Å². The highest BCUT2D eigenvalue weighted by Crippen LogP contribution is 2.34. The summed E-state index contributed by atoms with van der Waals surface area (Å²) in [7, 11) is 0. The number of hydrogen-bond acceptors (Lipinski definition) is 2. The van der Waals surface area contributed by atoms with Gasteiger partial charge in [0.1, 0.15) is 5.82 Å². The molecule has 102 valence electrons. The zero-order chi connectivity index (χ0) is 13.6. The largest absolute Gasteiger partial charge is 0.331 e. The molecule has 2 aliphatic rings. The Balaban J connectivity index is 1.93. The highest BCUT2D eigenvalue weighted by atomic mass is 79.9. The molecule has 1 N–H and O–H groups in total. The first-order chi connectivity index (χ1) is 9.08. The molecule has 3 rings (SSSR count). The first kappa shape index (κ1) is 13.1. The summed E-state index contributed by atoms with van der Waals surface area (Å²) in [6.07, 6.45) is 0.999. The Kier molecular flexibility index (Phi) is 3.35. The lowest BCUT2D eigenvalue weighted by Gasteiger charge is -2.28. The molecule has 0 aromatic heterocycles. The van der Waals surface area contributed by atoms with E-state index in [0.717, 1.165) is 24.0 Å². The molecule has 3 unspecified atom stereocenters. The number of hydrogen-bond donors (Lipinski definition) is 1. The van der Waals surface area contributed by atoms with Crippen molar-refractivity contribution in [3.63, 3.8) is 0 Å². The molecule has 1 aromatic carbocycles. The third-order valence-corrected chi connectivity index (χ3v) is 4.67. The Bertz CT molecular complexity index is 522. The minimum absolute atomic E-state index is 0.161. The van der Waals surface area contributed by atoms with E-state index in [1.54, 1.807) is 12.1 Å². The zero-order valence-corrected chi connectivity index (χ0v) is 12.3. The zero-order valence-electron chi connectivity index (χ0n) is 10.7. The Hall–Kier alpha value is -0.940. The van der Waals surface area contributed by atoms with Crippen LogP contribution in [0.3, 0.4) is 0 Å². The average Bonchev–Trinajstić information content (AvgIpc) is 2.91. The minimum atomic E-state index is -0.449. The van der Waals surface area contributed by atoms with Gasteiger partial charge in [-0.05, 0) is 37.5 Å². The first-order valence-electron chi connectivity index (χ1n) is 6.56. The fraction of sp³-hybridized carbons (Fsp3) is 0.500.